The number of fused-ring (bicyclic) bond motifs is 1. The first-order valence-corrected chi connectivity index (χ1v) is 8.13. The van der Waals surface area contributed by atoms with Gasteiger partial charge in [0.1, 0.15) is 13.2 Å². The van der Waals surface area contributed by atoms with Crippen molar-refractivity contribution in [3.8, 4) is 11.5 Å². The smallest absolute Gasteiger partial charge is 0.261 e. The van der Waals surface area contributed by atoms with E-state index in [4.69, 9.17) is 9.47 Å². The number of nitrogens with one attached hydrogen (secondary N) is 1. The average Bonchev–Trinajstić information content (AvgIpc) is 2.86. The Balaban J connectivity index is 1.73. The lowest BCUT2D eigenvalue weighted by atomic mass is 10.1. The van der Waals surface area contributed by atoms with E-state index < -0.39 is 0 Å². The Bertz CT molecular complexity index is 688. The molecule has 0 fully saturated rings. The third-order valence-corrected chi connectivity index (χ3v) is 4.95. The lowest BCUT2D eigenvalue weighted by Gasteiger charge is -2.21. The van der Waals surface area contributed by atoms with Crippen LogP contribution in [0.4, 0.5) is 0 Å². The zero-order valence-corrected chi connectivity index (χ0v) is 13.8. The van der Waals surface area contributed by atoms with Gasteiger partial charge in [0.2, 0.25) is 0 Å². The highest BCUT2D eigenvalue weighted by Gasteiger charge is 2.17. The van der Waals surface area contributed by atoms with Gasteiger partial charge in [-0.2, -0.15) is 0 Å². The standard InChI is InChI=1S/C17H19NO3S/c1-10-8-16(22-12(10)3)17(19)18-11(2)13-4-5-14-15(9-13)21-7-6-20-14/h4-5,8-9,11H,6-7H2,1-3H3,(H,18,19)/t11-/m0/s1. The maximum absolute atomic E-state index is 12.3. The summed E-state index contributed by atoms with van der Waals surface area (Å²) in [7, 11) is 0. The summed E-state index contributed by atoms with van der Waals surface area (Å²) in [6.45, 7) is 7.16. The van der Waals surface area contributed by atoms with Crippen molar-refractivity contribution >= 4 is 17.2 Å². The number of thiophene rings is 1. The zero-order valence-electron chi connectivity index (χ0n) is 12.9. The number of aryl methyl sites for hydroxylation is 2. The van der Waals surface area contributed by atoms with E-state index in [1.54, 1.807) is 0 Å². The summed E-state index contributed by atoms with van der Waals surface area (Å²) in [6, 6.07) is 7.64. The molecule has 116 valence electrons. The van der Waals surface area contributed by atoms with Crippen LogP contribution in [-0.2, 0) is 0 Å². The summed E-state index contributed by atoms with van der Waals surface area (Å²) >= 11 is 1.53. The van der Waals surface area contributed by atoms with Gasteiger partial charge < -0.3 is 14.8 Å². The van der Waals surface area contributed by atoms with Gasteiger partial charge in [0.05, 0.1) is 10.9 Å². The van der Waals surface area contributed by atoms with Crippen molar-refractivity contribution in [1.29, 1.82) is 0 Å². The normalized spacial score (nSPS) is 14.5. The fourth-order valence-corrected chi connectivity index (χ4v) is 3.30. The van der Waals surface area contributed by atoms with Crippen molar-refractivity contribution in [3.05, 3.63) is 45.1 Å². The fourth-order valence-electron chi connectivity index (χ4n) is 2.37. The predicted molar refractivity (Wildman–Crippen MR) is 87.1 cm³/mol. The van der Waals surface area contributed by atoms with Gasteiger partial charge in [0.15, 0.2) is 11.5 Å². The highest BCUT2D eigenvalue weighted by Crippen LogP contribution is 2.32. The first-order chi connectivity index (χ1) is 10.5. The molecule has 1 atom stereocenters. The summed E-state index contributed by atoms with van der Waals surface area (Å²) in [6.07, 6.45) is 0. The maximum Gasteiger partial charge on any atom is 0.261 e. The van der Waals surface area contributed by atoms with Gasteiger partial charge in [-0.15, -0.1) is 11.3 Å². The van der Waals surface area contributed by atoms with E-state index in [1.807, 2.05) is 45.0 Å². The molecule has 0 spiro atoms. The maximum atomic E-state index is 12.3. The summed E-state index contributed by atoms with van der Waals surface area (Å²) in [5.74, 6) is 1.47. The molecule has 1 aliphatic rings. The average molecular weight is 317 g/mol. The molecular weight excluding hydrogens is 298 g/mol. The van der Waals surface area contributed by atoms with Crippen LogP contribution in [0.5, 0.6) is 11.5 Å². The molecule has 0 aliphatic carbocycles. The van der Waals surface area contributed by atoms with E-state index in [0.717, 1.165) is 27.5 Å². The quantitative estimate of drug-likeness (QED) is 0.940. The Morgan fingerprint density at radius 2 is 1.91 bits per heavy atom. The van der Waals surface area contributed by atoms with E-state index >= 15 is 0 Å². The van der Waals surface area contributed by atoms with Gasteiger partial charge in [0, 0.05) is 4.88 Å². The highest BCUT2D eigenvalue weighted by molar-refractivity contribution is 7.14. The minimum Gasteiger partial charge on any atom is -0.486 e. The van der Waals surface area contributed by atoms with E-state index in [0.29, 0.717) is 13.2 Å². The Morgan fingerprint density at radius 3 is 2.59 bits per heavy atom. The van der Waals surface area contributed by atoms with Gasteiger partial charge in [-0.25, -0.2) is 0 Å². The monoisotopic (exact) mass is 317 g/mol. The first kappa shape index (κ1) is 14.9. The third-order valence-electron chi connectivity index (χ3n) is 3.80. The fraction of sp³-hybridized carbons (Fsp3) is 0.353. The molecule has 3 rings (SSSR count). The van der Waals surface area contributed by atoms with Crippen LogP contribution in [0, 0.1) is 13.8 Å². The summed E-state index contributed by atoms with van der Waals surface area (Å²) in [5.41, 5.74) is 2.16. The van der Waals surface area contributed by atoms with Gasteiger partial charge in [-0.1, -0.05) is 6.07 Å². The minimum atomic E-state index is -0.0916. The van der Waals surface area contributed by atoms with Gasteiger partial charge in [-0.05, 0) is 50.1 Å². The molecular formula is C17H19NO3S. The largest absolute Gasteiger partial charge is 0.486 e. The van der Waals surface area contributed by atoms with Gasteiger partial charge in [-0.3, -0.25) is 4.79 Å². The van der Waals surface area contributed by atoms with E-state index in [2.05, 4.69) is 5.32 Å². The van der Waals surface area contributed by atoms with E-state index in [1.165, 1.54) is 16.2 Å². The van der Waals surface area contributed by atoms with E-state index in [9.17, 15) is 4.79 Å². The molecule has 1 aromatic carbocycles. The van der Waals surface area contributed by atoms with Crippen LogP contribution in [0.15, 0.2) is 24.3 Å². The number of ether oxygens (including phenoxy) is 2. The molecule has 0 saturated heterocycles. The molecule has 0 radical (unpaired) electrons. The lowest BCUT2D eigenvalue weighted by Crippen LogP contribution is -2.26. The second kappa shape index (κ2) is 6.01. The van der Waals surface area contributed by atoms with E-state index in [-0.39, 0.29) is 11.9 Å². The van der Waals surface area contributed by atoms with Crippen LogP contribution in [0.25, 0.3) is 0 Å². The van der Waals surface area contributed by atoms with Crippen molar-refractivity contribution < 1.29 is 14.3 Å². The van der Waals surface area contributed by atoms with Crippen molar-refractivity contribution in [2.45, 2.75) is 26.8 Å². The number of hydrogen-bond acceptors (Lipinski definition) is 4. The lowest BCUT2D eigenvalue weighted by molar-refractivity contribution is 0.0943. The summed E-state index contributed by atoms with van der Waals surface area (Å²) in [5, 5.41) is 3.03. The topological polar surface area (TPSA) is 47.6 Å². The Morgan fingerprint density at radius 1 is 1.18 bits per heavy atom. The van der Waals surface area contributed by atoms with Crippen molar-refractivity contribution in [2.75, 3.05) is 13.2 Å². The first-order valence-electron chi connectivity index (χ1n) is 7.32. The number of benzene rings is 1. The van der Waals surface area contributed by atoms with Crippen LogP contribution in [0.1, 0.15) is 38.6 Å². The van der Waals surface area contributed by atoms with Gasteiger partial charge >= 0.3 is 0 Å². The molecule has 5 heteroatoms. The molecule has 1 N–H and O–H groups in total. The Hall–Kier alpha value is -2.01. The Kier molecular flexibility index (Phi) is 4.07. The summed E-state index contributed by atoms with van der Waals surface area (Å²) < 4.78 is 11.1. The van der Waals surface area contributed by atoms with Crippen LogP contribution < -0.4 is 14.8 Å². The SMILES string of the molecule is Cc1cc(C(=O)N[C@@H](C)c2ccc3c(c2)OCCO3)sc1C. The number of hydrogen-bond donors (Lipinski definition) is 1. The second-order valence-corrected chi connectivity index (χ2v) is 6.70. The highest BCUT2D eigenvalue weighted by atomic mass is 32.1. The Labute approximate surface area is 134 Å². The summed E-state index contributed by atoms with van der Waals surface area (Å²) in [4.78, 5) is 14.3. The molecule has 1 aromatic heterocycles. The number of amides is 1. The molecule has 22 heavy (non-hydrogen) atoms. The van der Waals surface area contributed by atoms with Crippen molar-refractivity contribution in [1.82, 2.24) is 5.32 Å². The molecule has 2 heterocycles. The van der Waals surface area contributed by atoms with Crippen molar-refractivity contribution in [3.63, 3.8) is 0 Å². The van der Waals surface area contributed by atoms with Crippen LogP contribution in [0.3, 0.4) is 0 Å². The molecule has 1 amide bonds. The molecule has 1 aliphatic heterocycles. The number of carbonyl (C=O) groups is 1. The molecule has 2 aromatic rings. The molecule has 0 bridgehead atoms. The van der Waals surface area contributed by atoms with Crippen LogP contribution in [0.2, 0.25) is 0 Å². The van der Waals surface area contributed by atoms with Crippen LogP contribution in [-0.4, -0.2) is 19.1 Å². The molecule has 0 saturated carbocycles. The minimum absolute atomic E-state index is 0.0383. The van der Waals surface area contributed by atoms with Crippen LogP contribution >= 0.6 is 11.3 Å². The zero-order chi connectivity index (χ0) is 15.7. The van der Waals surface area contributed by atoms with Crippen molar-refractivity contribution in [2.24, 2.45) is 0 Å². The second-order valence-electron chi connectivity index (χ2n) is 5.45. The number of carbonyl (C=O) groups excluding carboxylic acids is 1. The van der Waals surface area contributed by atoms with Gasteiger partial charge in [0.25, 0.3) is 5.91 Å². The predicted octanol–water partition coefficient (Wildman–Crippen LogP) is 3.63. The molecule has 4 nitrogen and oxygen atoms in total. The number of rotatable bonds is 3. The molecule has 0 unspecified atom stereocenters. The third kappa shape index (κ3) is 2.95.